The van der Waals surface area contributed by atoms with Crippen molar-refractivity contribution in [1.82, 2.24) is 4.98 Å². The van der Waals surface area contributed by atoms with Gasteiger partial charge in [0.25, 0.3) is 0 Å². The molecule has 20 heavy (non-hydrogen) atoms. The lowest BCUT2D eigenvalue weighted by atomic mass is 9.98. The molecule has 2 rings (SSSR count). The van der Waals surface area contributed by atoms with Crippen molar-refractivity contribution in [2.75, 3.05) is 5.32 Å². The van der Waals surface area contributed by atoms with Gasteiger partial charge in [-0.1, -0.05) is 57.8 Å². The molecule has 112 valence electrons. The molecule has 0 amide bonds. The number of nitrogens with zero attached hydrogens (tertiary/aromatic N) is 1. The molecule has 1 fully saturated rings. The number of hydrogen-bond acceptors (Lipinski definition) is 2. The van der Waals surface area contributed by atoms with Crippen LogP contribution in [0.1, 0.15) is 70.6 Å². The van der Waals surface area contributed by atoms with E-state index in [1.807, 2.05) is 0 Å². The van der Waals surface area contributed by atoms with Gasteiger partial charge in [0.05, 0.1) is 11.9 Å². The Kier molecular flexibility index (Phi) is 6.82. The summed E-state index contributed by atoms with van der Waals surface area (Å²) in [5.41, 5.74) is 0.948. The van der Waals surface area contributed by atoms with Gasteiger partial charge in [-0.2, -0.15) is 4.39 Å². The van der Waals surface area contributed by atoms with Gasteiger partial charge in [-0.3, -0.25) is 0 Å². The summed E-state index contributed by atoms with van der Waals surface area (Å²) in [7, 11) is 0. The molecule has 0 radical (unpaired) electrons. The van der Waals surface area contributed by atoms with Gasteiger partial charge in [0.15, 0.2) is 0 Å². The van der Waals surface area contributed by atoms with Crippen LogP contribution in [0.4, 0.5) is 10.1 Å². The molecule has 1 saturated carbocycles. The second kappa shape index (κ2) is 8.93. The third kappa shape index (κ3) is 5.89. The summed E-state index contributed by atoms with van der Waals surface area (Å²) in [6.07, 6.45) is 16.3. The zero-order valence-electron chi connectivity index (χ0n) is 12.4. The van der Waals surface area contributed by atoms with Crippen LogP contribution in [-0.2, 0) is 0 Å². The van der Waals surface area contributed by atoms with E-state index < -0.39 is 5.95 Å². The standard InChI is InChI=1S/C17H27FN2/c18-17-13-12-16(14-19-17)20-15-10-8-6-4-2-1-3-5-7-9-11-15/h12-15,20H,1-11H2. The Morgan fingerprint density at radius 2 is 1.40 bits per heavy atom. The molecule has 1 heterocycles. The van der Waals surface area contributed by atoms with Gasteiger partial charge in [0.1, 0.15) is 0 Å². The second-order valence-corrected chi connectivity index (χ2v) is 5.97. The van der Waals surface area contributed by atoms with E-state index in [-0.39, 0.29) is 0 Å². The molecule has 0 saturated heterocycles. The van der Waals surface area contributed by atoms with Crippen molar-refractivity contribution >= 4 is 5.69 Å². The first kappa shape index (κ1) is 15.3. The number of halogens is 1. The predicted octanol–water partition coefficient (Wildman–Crippen LogP) is 5.31. The summed E-state index contributed by atoms with van der Waals surface area (Å²) in [6, 6.07) is 3.73. The first-order valence-corrected chi connectivity index (χ1v) is 8.23. The van der Waals surface area contributed by atoms with Crippen LogP contribution in [0.25, 0.3) is 0 Å². The fraction of sp³-hybridized carbons (Fsp3) is 0.706. The topological polar surface area (TPSA) is 24.9 Å². The number of hydrogen-bond donors (Lipinski definition) is 1. The maximum Gasteiger partial charge on any atom is 0.212 e. The molecule has 1 aromatic heterocycles. The van der Waals surface area contributed by atoms with E-state index in [2.05, 4.69) is 10.3 Å². The first-order valence-electron chi connectivity index (χ1n) is 8.23. The van der Waals surface area contributed by atoms with E-state index in [0.29, 0.717) is 6.04 Å². The third-order valence-electron chi connectivity index (χ3n) is 4.20. The Labute approximate surface area is 122 Å². The molecule has 1 N–H and O–H groups in total. The molecule has 0 aromatic carbocycles. The Balaban J connectivity index is 1.83. The normalized spacial score (nSPS) is 19.9. The number of anilines is 1. The molecular weight excluding hydrogens is 251 g/mol. The molecule has 0 atom stereocenters. The molecule has 3 heteroatoms. The van der Waals surface area contributed by atoms with Crippen LogP contribution in [0.15, 0.2) is 18.3 Å². The SMILES string of the molecule is Fc1ccc(NC2CCCCCCCCCCC2)cn1. The number of nitrogens with one attached hydrogen (secondary N) is 1. The van der Waals surface area contributed by atoms with Crippen LogP contribution in [0, 0.1) is 5.95 Å². The van der Waals surface area contributed by atoms with E-state index in [9.17, 15) is 4.39 Å². The zero-order chi connectivity index (χ0) is 14.0. The van der Waals surface area contributed by atoms with Crippen molar-refractivity contribution < 1.29 is 4.39 Å². The van der Waals surface area contributed by atoms with Crippen LogP contribution in [0.2, 0.25) is 0 Å². The second-order valence-electron chi connectivity index (χ2n) is 5.97. The average molecular weight is 278 g/mol. The lowest BCUT2D eigenvalue weighted by Crippen LogP contribution is -2.19. The summed E-state index contributed by atoms with van der Waals surface area (Å²) in [5, 5.41) is 3.53. The molecule has 1 aliphatic rings. The minimum atomic E-state index is -0.408. The van der Waals surface area contributed by atoms with E-state index in [1.165, 1.54) is 76.7 Å². The summed E-state index contributed by atoms with van der Waals surface area (Å²) in [4.78, 5) is 3.72. The maximum atomic E-state index is 12.8. The van der Waals surface area contributed by atoms with Crippen molar-refractivity contribution in [3.05, 3.63) is 24.3 Å². The van der Waals surface area contributed by atoms with Gasteiger partial charge in [-0.15, -0.1) is 0 Å². The lowest BCUT2D eigenvalue weighted by Gasteiger charge is -2.20. The molecule has 1 aromatic rings. The molecule has 2 nitrogen and oxygen atoms in total. The van der Waals surface area contributed by atoms with Gasteiger partial charge < -0.3 is 5.32 Å². The fourth-order valence-corrected chi connectivity index (χ4v) is 3.00. The summed E-state index contributed by atoms with van der Waals surface area (Å²) >= 11 is 0. The minimum Gasteiger partial charge on any atom is -0.381 e. The summed E-state index contributed by atoms with van der Waals surface area (Å²) in [6.45, 7) is 0. The zero-order valence-corrected chi connectivity index (χ0v) is 12.4. The highest BCUT2D eigenvalue weighted by molar-refractivity contribution is 5.40. The highest BCUT2D eigenvalue weighted by atomic mass is 19.1. The van der Waals surface area contributed by atoms with Crippen molar-refractivity contribution in [2.24, 2.45) is 0 Å². The Hall–Kier alpha value is -1.12. The Morgan fingerprint density at radius 3 is 1.90 bits per heavy atom. The van der Waals surface area contributed by atoms with E-state index in [1.54, 1.807) is 12.3 Å². The fourth-order valence-electron chi connectivity index (χ4n) is 3.00. The molecular formula is C17H27FN2. The van der Waals surface area contributed by atoms with E-state index >= 15 is 0 Å². The summed E-state index contributed by atoms with van der Waals surface area (Å²) in [5.74, 6) is -0.408. The van der Waals surface area contributed by atoms with Crippen LogP contribution in [0.3, 0.4) is 0 Å². The Bertz CT molecular complexity index is 352. The van der Waals surface area contributed by atoms with E-state index in [4.69, 9.17) is 0 Å². The third-order valence-corrected chi connectivity index (χ3v) is 4.20. The average Bonchev–Trinajstić information content (AvgIpc) is 2.44. The molecule has 0 bridgehead atoms. The maximum absolute atomic E-state index is 12.8. The largest absolute Gasteiger partial charge is 0.381 e. The quantitative estimate of drug-likeness (QED) is 0.742. The monoisotopic (exact) mass is 278 g/mol. The molecule has 0 unspecified atom stereocenters. The number of pyridine rings is 1. The van der Waals surface area contributed by atoms with Crippen LogP contribution in [-0.4, -0.2) is 11.0 Å². The minimum absolute atomic E-state index is 0.408. The molecule has 0 spiro atoms. The summed E-state index contributed by atoms with van der Waals surface area (Å²) < 4.78 is 12.8. The van der Waals surface area contributed by atoms with E-state index in [0.717, 1.165) is 5.69 Å². The van der Waals surface area contributed by atoms with Gasteiger partial charge in [0.2, 0.25) is 5.95 Å². The molecule has 1 aliphatic carbocycles. The smallest absolute Gasteiger partial charge is 0.212 e. The van der Waals surface area contributed by atoms with Gasteiger partial charge in [-0.05, 0) is 25.0 Å². The lowest BCUT2D eigenvalue weighted by molar-refractivity contribution is 0.480. The Morgan fingerprint density at radius 1 is 0.850 bits per heavy atom. The molecule has 0 aliphatic heterocycles. The van der Waals surface area contributed by atoms with Crippen LogP contribution >= 0.6 is 0 Å². The highest BCUT2D eigenvalue weighted by Crippen LogP contribution is 2.19. The number of rotatable bonds is 2. The first-order chi connectivity index (χ1) is 9.84. The van der Waals surface area contributed by atoms with Crippen molar-refractivity contribution in [2.45, 2.75) is 76.7 Å². The van der Waals surface area contributed by atoms with Crippen molar-refractivity contribution in [3.63, 3.8) is 0 Å². The van der Waals surface area contributed by atoms with Crippen molar-refractivity contribution in [1.29, 1.82) is 0 Å². The number of aromatic nitrogens is 1. The van der Waals surface area contributed by atoms with Gasteiger partial charge in [0, 0.05) is 6.04 Å². The predicted molar refractivity (Wildman–Crippen MR) is 82.4 cm³/mol. The van der Waals surface area contributed by atoms with Crippen LogP contribution in [0.5, 0.6) is 0 Å². The van der Waals surface area contributed by atoms with Gasteiger partial charge in [-0.25, -0.2) is 4.98 Å². The highest BCUT2D eigenvalue weighted by Gasteiger charge is 2.09. The van der Waals surface area contributed by atoms with Gasteiger partial charge >= 0.3 is 0 Å². The van der Waals surface area contributed by atoms with Crippen molar-refractivity contribution in [3.8, 4) is 0 Å². The van der Waals surface area contributed by atoms with Crippen LogP contribution < -0.4 is 5.32 Å².